The average molecular weight is 383 g/mol. The van der Waals surface area contributed by atoms with Crippen molar-refractivity contribution in [2.75, 3.05) is 44.0 Å². The Bertz CT molecular complexity index is 814. The molecular formula is C20H25N5O3. The highest BCUT2D eigenvalue weighted by molar-refractivity contribution is 5.95. The van der Waals surface area contributed by atoms with Crippen molar-refractivity contribution in [2.45, 2.75) is 12.8 Å². The molecule has 28 heavy (non-hydrogen) atoms. The Balaban J connectivity index is 1.55. The Labute approximate surface area is 164 Å². The number of nitrogens with one attached hydrogen (secondary N) is 1. The average Bonchev–Trinajstić information content (AvgIpc) is 2.74. The van der Waals surface area contributed by atoms with Gasteiger partial charge in [0.25, 0.3) is 0 Å². The van der Waals surface area contributed by atoms with Gasteiger partial charge >= 0.3 is 0 Å². The molecule has 1 fully saturated rings. The zero-order valence-electron chi connectivity index (χ0n) is 16.2. The predicted molar refractivity (Wildman–Crippen MR) is 106 cm³/mol. The van der Waals surface area contributed by atoms with Crippen molar-refractivity contribution in [3.8, 4) is 5.75 Å². The van der Waals surface area contributed by atoms with E-state index >= 15 is 0 Å². The lowest BCUT2D eigenvalue weighted by Crippen LogP contribution is -2.45. The standard InChI is InChI=1S/C20H25N5O3/c1-24(14-19(26)23-16-6-3-7-17(11-16)28-2)20(27)15-5-4-10-25(13-15)18-12-21-8-9-22-18/h3,6-9,11-12,15H,4-5,10,13-14H2,1-2H3,(H,23,26). The fourth-order valence-corrected chi connectivity index (χ4v) is 3.35. The summed E-state index contributed by atoms with van der Waals surface area (Å²) in [5.74, 6) is 0.998. The molecule has 0 spiro atoms. The molecule has 1 aliphatic heterocycles. The van der Waals surface area contributed by atoms with Gasteiger partial charge in [-0.3, -0.25) is 14.6 Å². The highest BCUT2D eigenvalue weighted by Gasteiger charge is 2.29. The van der Waals surface area contributed by atoms with Crippen LogP contribution in [0.2, 0.25) is 0 Å². The molecule has 1 saturated heterocycles. The summed E-state index contributed by atoms with van der Waals surface area (Å²) < 4.78 is 5.15. The van der Waals surface area contributed by atoms with Gasteiger partial charge in [-0.05, 0) is 25.0 Å². The van der Waals surface area contributed by atoms with Crippen LogP contribution in [-0.2, 0) is 9.59 Å². The second-order valence-electron chi connectivity index (χ2n) is 6.82. The number of anilines is 2. The van der Waals surface area contributed by atoms with Crippen LogP contribution >= 0.6 is 0 Å². The second kappa shape index (κ2) is 9.16. The number of rotatable bonds is 6. The van der Waals surface area contributed by atoms with Crippen LogP contribution in [-0.4, -0.2) is 60.5 Å². The van der Waals surface area contributed by atoms with E-state index in [0.717, 1.165) is 25.2 Å². The lowest BCUT2D eigenvalue weighted by molar-refractivity contribution is -0.137. The van der Waals surface area contributed by atoms with Crippen molar-refractivity contribution in [3.63, 3.8) is 0 Å². The number of likely N-dealkylation sites (N-methyl/N-ethyl adjacent to an activating group) is 1. The molecule has 8 nitrogen and oxygen atoms in total. The molecule has 1 aromatic carbocycles. The van der Waals surface area contributed by atoms with Gasteiger partial charge in [-0.1, -0.05) is 6.07 Å². The third-order valence-electron chi connectivity index (χ3n) is 4.75. The summed E-state index contributed by atoms with van der Waals surface area (Å²) >= 11 is 0. The highest BCUT2D eigenvalue weighted by atomic mass is 16.5. The van der Waals surface area contributed by atoms with Crippen LogP contribution in [0.5, 0.6) is 5.75 Å². The molecule has 1 aromatic heterocycles. The molecule has 0 aliphatic carbocycles. The van der Waals surface area contributed by atoms with Gasteiger partial charge in [0.05, 0.1) is 25.8 Å². The van der Waals surface area contributed by atoms with E-state index in [1.165, 1.54) is 4.90 Å². The fourth-order valence-electron chi connectivity index (χ4n) is 3.35. The first-order valence-corrected chi connectivity index (χ1v) is 9.26. The molecule has 8 heteroatoms. The minimum atomic E-state index is -0.245. The summed E-state index contributed by atoms with van der Waals surface area (Å²) in [6.45, 7) is 1.43. The van der Waals surface area contributed by atoms with Gasteiger partial charge in [-0.15, -0.1) is 0 Å². The Kier molecular flexibility index (Phi) is 6.41. The molecule has 1 atom stereocenters. The highest BCUT2D eigenvalue weighted by Crippen LogP contribution is 2.22. The Morgan fingerprint density at radius 1 is 1.36 bits per heavy atom. The molecule has 0 saturated carbocycles. The number of carbonyl (C=O) groups excluding carboxylic acids is 2. The molecule has 2 heterocycles. The number of nitrogens with zero attached hydrogens (tertiary/aromatic N) is 4. The number of benzene rings is 1. The van der Waals surface area contributed by atoms with E-state index in [1.807, 2.05) is 0 Å². The maximum Gasteiger partial charge on any atom is 0.243 e. The van der Waals surface area contributed by atoms with Crippen LogP contribution in [0, 0.1) is 5.92 Å². The van der Waals surface area contributed by atoms with E-state index in [-0.39, 0.29) is 24.3 Å². The van der Waals surface area contributed by atoms with Crippen LogP contribution in [0.4, 0.5) is 11.5 Å². The van der Waals surface area contributed by atoms with Crippen LogP contribution in [0.1, 0.15) is 12.8 Å². The van der Waals surface area contributed by atoms with Gasteiger partial charge in [-0.2, -0.15) is 0 Å². The molecule has 2 amide bonds. The van der Waals surface area contributed by atoms with Crippen molar-refractivity contribution in [3.05, 3.63) is 42.9 Å². The van der Waals surface area contributed by atoms with Crippen LogP contribution in [0.3, 0.4) is 0 Å². The maximum atomic E-state index is 12.8. The smallest absolute Gasteiger partial charge is 0.243 e. The molecule has 1 N–H and O–H groups in total. The van der Waals surface area contributed by atoms with Crippen molar-refractivity contribution in [2.24, 2.45) is 5.92 Å². The minimum absolute atomic E-state index is 0.00230. The predicted octanol–water partition coefficient (Wildman–Crippen LogP) is 1.80. The molecule has 1 aliphatic rings. The minimum Gasteiger partial charge on any atom is -0.497 e. The fraction of sp³-hybridized carbons (Fsp3) is 0.400. The molecule has 3 rings (SSSR count). The maximum absolute atomic E-state index is 12.8. The van der Waals surface area contributed by atoms with E-state index in [0.29, 0.717) is 18.0 Å². The number of aromatic nitrogens is 2. The van der Waals surface area contributed by atoms with E-state index in [1.54, 1.807) is 57.0 Å². The van der Waals surface area contributed by atoms with Crippen molar-refractivity contribution < 1.29 is 14.3 Å². The molecule has 0 radical (unpaired) electrons. The van der Waals surface area contributed by atoms with Crippen LogP contribution in [0.15, 0.2) is 42.9 Å². The first kappa shape index (κ1) is 19.6. The lowest BCUT2D eigenvalue weighted by Gasteiger charge is -2.34. The molecule has 1 unspecified atom stereocenters. The molecule has 0 bridgehead atoms. The van der Waals surface area contributed by atoms with Crippen LogP contribution < -0.4 is 15.0 Å². The van der Waals surface area contributed by atoms with Gasteiger partial charge in [0.2, 0.25) is 11.8 Å². The lowest BCUT2D eigenvalue weighted by atomic mass is 9.96. The van der Waals surface area contributed by atoms with Gasteiger partial charge in [-0.25, -0.2) is 4.98 Å². The monoisotopic (exact) mass is 383 g/mol. The summed E-state index contributed by atoms with van der Waals surface area (Å²) in [6.07, 6.45) is 6.69. The summed E-state index contributed by atoms with van der Waals surface area (Å²) in [4.78, 5) is 37.1. The largest absolute Gasteiger partial charge is 0.497 e. The number of carbonyl (C=O) groups is 2. The zero-order chi connectivity index (χ0) is 19.9. The first-order valence-electron chi connectivity index (χ1n) is 9.26. The number of piperidine rings is 1. The summed E-state index contributed by atoms with van der Waals surface area (Å²) in [5.41, 5.74) is 0.636. The molecule has 148 valence electrons. The third kappa shape index (κ3) is 4.97. The second-order valence-corrected chi connectivity index (χ2v) is 6.82. The zero-order valence-corrected chi connectivity index (χ0v) is 16.2. The van der Waals surface area contributed by atoms with Gasteiger partial charge in [0.1, 0.15) is 11.6 Å². The number of amides is 2. The number of ether oxygens (including phenoxy) is 1. The number of hydrogen-bond acceptors (Lipinski definition) is 6. The summed E-state index contributed by atoms with van der Waals surface area (Å²) in [5, 5.41) is 2.80. The van der Waals surface area contributed by atoms with Crippen LogP contribution in [0.25, 0.3) is 0 Å². The van der Waals surface area contributed by atoms with Gasteiger partial charge in [0, 0.05) is 44.3 Å². The van der Waals surface area contributed by atoms with Gasteiger partial charge < -0.3 is 19.9 Å². The summed E-state index contributed by atoms with van der Waals surface area (Å²) in [7, 11) is 3.23. The third-order valence-corrected chi connectivity index (χ3v) is 4.75. The Morgan fingerprint density at radius 3 is 2.96 bits per heavy atom. The van der Waals surface area contributed by atoms with E-state index in [4.69, 9.17) is 4.74 Å². The number of methoxy groups -OCH3 is 1. The topological polar surface area (TPSA) is 87.7 Å². The van der Waals surface area contributed by atoms with Crippen molar-refractivity contribution in [1.82, 2.24) is 14.9 Å². The van der Waals surface area contributed by atoms with E-state index in [2.05, 4.69) is 20.2 Å². The normalized spacial score (nSPS) is 16.4. The van der Waals surface area contributed by atoms with Crippen molar-refractivity contribution in [1.29, 1.82) is 0 Å². The number of hydrogen-bond donors (Lipinski definition) is 1. The van der Waals surface area contributed by atoms with Crippen molar-refractivity contribution >= 4 is 23.3 Å². The van der Waals surface area contributed by atoms with Gasteiger partial charge in [0.15, 0.2) is 0 Å². The molecule has 2 aromatic rings. The van der Waals surface area contributed by atoms with E-state index < -0.39 is 0 Å². The first-order chi connectivity index (χ1) is 13.6. The Hall–Kier alpha value is -3.16. The molecular weight excluding hydrogens is 358 g/mol. The summed E-state index contributed by atoms with van der Waals surface area (Å²) in [6, 6.07) is 7.12. The Morgan fingerprint density at radius 2 is 2.21 bits per heavy atom. The van der Waals surface area contributed by atoms with E-state index in [9.17, 15) is 9.59 Å². The SMILES string of the molecule is COc1cccc(NC(=O)CN(C)C(=O)C2CCCN(c3cnccn3)C2)c1. The quantitative estimate of drug-likeness (QED) is 0.818.